The second-order valence-corrected chi connectivity index (χ2v) is 4.85. The van der Waals surface area contributed by atoms with Gasteiger partial charge in [-0.3, -0.25) is 4.79 Å². The van der Waals surface area contributed by atoms with Gasteiger partial charge in [-0.05, 0) is 24.6 Å². The van der Waals surface area contributed by atoms with E-state index in [1.165, 1.54) is 0 Å². The number of rotatable bonds is 5. The highest BCUT2D eigenvalue weighted by Gasteiger charge is 2.07. The fourth-order valence-electron chi connectivity index (χ4n) is 1.86. The highest BCUT2D eigenvalue weighted by molar-refractivity contribution is 6.34. The van der Waals surface area contributed by atoms with E-state index in [0.29, 0.717) is 41.6 Å². The van der Waals surface area contributed by atoms with E-state index < -0.39 is 0 Å². The summed E-state index contributed by atoms with van der Waals surface area (Å²) in [5.74, 6) is 0.206. The van der Waals surface area contributed by atoms with Crippen molar-refractivity contribution in [2.24, 2.45) is 0 Å². The number of amides is 1. The van der Waals surface area contributed by atoms with Crippen LogP contribution in [0.5, 0.6) is 0 Å². The van der Waals surface area contributed by atoms with Crippen LogP contribution in [-0.2, 0) is 11.3 Å². The number of benzene rings is 1. The summed E-state index contributed by atoms with van der Waals surface area (Å²) in [7, 11) is 0. The monoisotopic (exact) mass is 303 g/mol. The minimum Gasteiger partial charge on any atom is -0.399 e. The third kappa shape index (κ3) is 3.97. The maximum Gasteiger partial charge on any atom is 0.224 e. The van der Waals surface area contributed by atoms with Gasteiger partial charge >= 0.3 is 0 Å². The summed E-state index contributed by atoms with van der Waals surface area (Å²) in [5, 5.41) is 12.0. The van der Waals surface area contributed by atoms with Gasteiger partial charge in [-0.15, -0.1) is 0 Å². The summed E-state index contributed by atoms with van der Waals surface area (Å²) < 4.78 is 1.71. The molecule has 1 aromatic carbocycles. The Morgan fingerprint density at radius 2 is 2.33 bits per heavy atom. The average molecular weight is 304 g/mol. The lowest BCUT2D eigenvalue weighted by atomic mass is 10.2. The van der Waals surface area contributed by atoms with Crippen molar-refractivity contribution in [1.82, 2.24) is 9.55 Å². The molecule has 21 heavy (non-hydrogen) atoms. The Balaban J connectivity index is 1.84. The molecule has 3 N–H and O–H groups in total. The molecule has 0 radical (unpaired) electrons. The van der Waals surface area contributed by atoms with Crippen molar-refractivity contribution in [1.29, 1.82) is 5.26 Å². The van der Waals surface area contributed by atoms with Crippen molar-refractivity contribution in [3.8, 4) is 6.07 Å². The molecule has 0 spiro atoms. The molecule has 6 nitrogen and oxygen atoms in total. The Bertz CT molecular complexity index is 689. The highest BCUT2D eigenvalue weighted by Crippen LogP contribution is 2.24. The van der Waals surface area contributed by atoms with E-state index in [2.05, 4.69) is 10.3 Å². The van der Waals surface area contributed by atoms with E-state index in [1.54, 1.807) is 35.2 Å². The number of nitrogens with zero attached hydrogens (tertiary/aromatic N) is 3. The number of hydrogen-bond acceptors (Lipinski definition) is 4. The predicted octanol–water partition coefficient (Wildman–Crippen LogP) is 2.41. The lowest BCUT2D eigenvalue weighted by molar-refractivity contribution is -0.116. The van der Waals surface area contributed by atoms with Crippen LogP contribution in [0, 0.1) is 11.3 Å². The fourth-order valence-corrected chi connectivity index (χ4v) is 2.09. The van der Waals surface area contributed by atoms with Crippen LogP contribution in [0.2, 0.25) is 5.02 Å². The van der Waals surface area contributed by atoms with Gasteiger partial charge in [-0.2, -0.15) is 5.26 Å². The Kier molecular flexibility index (Phi) is 4.80. The lowest BCUT2D eigenvalue weighted by Gasteiger charge is -2.08. The van der Waals surface area contributed by atoms with Gasteiger partial charge in [-0.1, -0.05) is 11.6 Å². The van der Waals surface area contributed by atoms with Gasteiger partial charge in [-0.25, -0.2) is 4.98 Å². The van der Waals surface area contributed by atoms with Crippen molar-refractivity contribution in [3.63, 3.8) is 0 Å². The number of carbonyl (C=O) groups is 1. The molecule has 0 bridgehead atoms. The van der Waals surface area contributed by atoms with Gasteiger partial charge in [0.25, 0.3) is 0 Å². The number of nitrogens with one attached hydrogen (secondary N) is 1. The Morgan fingerprint density at radius 1 is 1.52 bits per heavy atom. The number of nitrogens with two attached hydrogens (primary N) is 1. The number of aromatic nitrogens is 2. The largest absolute Gasteiger partial charge is 0.399 e. The second-order valence-electron chi connectivity index (χ2n) is 4.45. The number of halogens is 1. The van der Waals surface area contributed by atoms with E-state index in [-0.39, 0.29) is 5.91 Å². The molecule has 2 aromatic rings. The van der Waals surface area contributed by atoms with Crippen molar-refractivity contribution >= 4 is 28.9 Å². The molecule has 0 saturated carbocycles. The number of hydrogen-bond donors (Lipinski definition) is 2. The summed E-state index contributed by atoms with van der Waals surface area (Å²) in [6, 6.07) is 6.91. The predicted molar refractivity (Wildman–Crippen MR) is 80.7 cm³/mol. The average Bonchev–Trinajstić information content (AvgIpc) is 2.89. The van der Waals surface area contributed by atoms with Crippen LogP contribution in [-0.4, -0.2) is 15.5 Å². The van der Waals surface area contributed by atoms with E-state index in [9.17, 15) is 4.79 Å². The second kappa shape index (κ2) is 6.77. The van der Waals surface area contributed by atoms with E-state index in [1.807, 2.05) is 6.07 Å². The maximum absolute atomic E-state index is 11.8. The first kappa shape index (κ1) is 14.9. The fraction of sp³-hybridized carbons (Fsp3) is 0.214. The van der Waals surface area contributed by atoms with Gasteiger partial charge < -0.3 is 15.6 Å². The Hall–Kier alpha value is -2.52. The molecule has 0 aliphatic heterocycles. The zero-order chi connectivity index (χ0) is 15.2. The number of nitriles is 1. The molecule has 1 aromatic heterocycles. The summed E-state index contributed by atoms with van der Waals surface area (Å²) in [6.45, 7) is 0.561. The molecular formula is C14H14ClN5O. The van der Waals surface area contributed by atoms with Gasteiger partial charge in [0.2, 0.25) is 11.7 Å². The number of aryl methyl sites for hydroxylation is 1. The van der Waals surface area contributed by atoms with Crippen molar-refractivity contribution in [2.45, 2.75) is 19.4 Å². The van der Waals surface area contributed by atoms with Crippen LogP contribution in [0.1, 0.15) is 18.7 Å². The summed E-state index contributed by atoms with van der Waals surface area (Å²) >= 11 is 5.99. The van der Waals surface area contributed by atoms with Crippen molar-refractivity contribution < 1.29 is 4.79 Å². The summed E-state index contributed by atoms with van der Waals surface area (Å²) in [4.78, 5) is 15.7. The topological polar surface area (TPSA) is 96.7 Å². The quantitative estimate of drug-likeness (QED) is 0.829. The Morgan fingerprint density at radius 3 is 3.05 bits per heavy atom. The molecule has 108 valence electrons. The Labute approximate surface area is 127 Å². The molecular weight excluding hydrogens is 290 g/mol. The number of anilines is 2. The van der Waals surface area contributed by atoms with Crippen LogP contribution in [0.3, 0.4) is 0 Å². The van der Waals surface area contributed by atoms with E-state index in [4.69, 9.17) is 22.6 Å². The molecule has 2 rings (SSSR count). The number of imidazole rings is 1. The minimum absolute atomic E-state index is 0.139. The molecule has 0 aliphatic rings. The highest BCUT2D eigenvalue weighted by atomic mass is 35.5. The molecule has 0 aliphatic carbocycles. The zero-order valence-electron chi connectivity index (χ0n) is 11.2. The number of carbonyl (C=O) groups excluding carboxylic acids is 1. The molecule has 1 amide bonds. The van der Waals surface area contributed by atoms with E-state index in [0.717, 1.165) is 0 Å². The van der Waals surface area contributed by atoms with Crippen molar-refractivity contribution in [3.05, 3.63) is 41.4 Å². The number of nitrogen functional groups attached to an aromatic ring is 1. The van der Waals surface area contributed by atoms with Gasteiger partial charge in [0.15, 0.2) is 0 Å². The van der Waals surface area contributed by atoms with Crippen LogP contribution < -0.4 is 11.1 Å². The SMILES string of the molecule is N#Cc1nccn1CCCC(=O)Nc1ccc(N)cc1Cl. The first-order valence-electron chi connectivity index (χ1n) is 6.36. The molecule has 1 heterocycles. The molecule has 7 heteroatoms. The van der Waals surface area contributed by atoms with Crippen molar-refractivity contribution in [2.75, 3.05) is 11.1 Å². The summed E-state index contributed by atoms with van der Waals surface area (Å²) in [6.07, 6.45) is 4.20. The van der Waals surface area contributed by atoms with Crippen LogP contribution in [0.15, 0.2) is 30.6 Å². The molecule has 0 atom stereocenters. The summed E-state index contributed by atoms with van der Waals surface area (Å²) in [5.41, 5.74) is 6.67. The van der Waals surface area contributed by atoms with Crippen LogP contribution in [0.4, 0.5) is 11.4 Å². The third-order valence-electron chi connectivity index (χ3n) is 2.89. The van der Waals surface area contributed by atoms with Crippen LogP contribution in [0.25, 0.3) is 0 Å². The molecule has 0 saturated heterocycles. The lowest BCUT2D eigenvalue weighted by Crippen LogP contribution is -2.13. The smallest absolute Gasteiger partial charge is 0.224 e. The standard InChI is InChI=1S/C14H14ClN5O/c15-11-8-10(17)3-4-12(11)19-14(21)2-1-6-20-7-5-18-13(20)9-16/h3-5,7-8H,1-2,6,17H2,(H,19,21). The molecule has 0 fully saturated rings. The van der Waals surface area contributed by atoms with E-state index >= 15 is 0 Å². The maximum atomic E-state index is 11.8. The normalized spacial score (nSPS) is 10.1. The van der Waals surface area contributed by atoms with Gasteiger partial charge in [0.1, 0.15) is 6.07 Å². The zero-order valence-corrected chi connectivity index (χ0v) is 12.0. The third-order valence-corrected chi connectivity index (χ3v) is 3.20. The van der Waals surface area contributed by atoms with Crippen LogP contribution >= 0.6 is 11.6 Å². The van der Waals surface area contributed by atoms with Gasteiger partial charge in [0, 0.05) is 31.0 Å². The minimum atomic E-state index is -0.139. The van der Waals surface area contributed by atoms with Gasteiger partial charge in [0.05, 0.1) is 10.7 Å². The molecule has 0 unspecified atom stereocenters. The first-order chi connectivity index (χ1) is 10.1. The first-order valence-corrected chi connectivity index (χ1v) is 6.74.